The highest BCUT2D eigenvalue weighted by molar-refractivity contribution is 6.91. The molecule has 2 N–H and O–H groups in total. The van der Waals surface area contributed by atoms with E-state index in [1.165, 1.54) is 34.2 Å². The molecule has 2 atom stereocenters. The summed E-state index contributed by atoms with van der Waals surface area (Å²) in [4.78, 5) is 17.0. The van der Waals surface area contributed by atoms with Gasteiger partial charge in [0.15, 0.2) is 0 Å². The molecule has 33 heavy (non-hydrogen) atoms. The Labute approximate surface area is 196 Å². The molecule has 0 bridgehead atoms. The van der Waals surface area contributed by atoms with Gasteiger partial charge in [-0.05, 0) is 49.4 Å². The molecule has 0 radical (unpaired) electrons. The molecule has 0 saturated heterocycles. The average Bonchev–Trinajstić information content (AvgIpc) is 3.19. The standard InChI is InChI=1S/C27H35FN2O2Si/c1-6-19-9-8-10-22-23-15-16-32-27(7-2,26(23)30-25(19)22)17-24(31)29-18(3)33(4,5)21-13-11-20(28)12-14-21/h8-14,18,30H,6-7,15-17H2,1-5H3,(H,29,31). The number of aryl methyl sites for hydroxylation is 1. The van der Waals surface area contributed by atoms with Crippen LogP contribution in [-0.2, 0) is 28.0 Å². The van der Waals surface area contributed by atoms with Crippen molar-refractivity contribution in [2.45, 2.75) is 70.8 Å². The fraction of sp³-hybridized carbons (Fsp3) is 0.444. The topological polar surface area (TPSA) is 54.1 Å². The van der Waals surface area contributed by atoms with Gasteiger partial charge in [0.2, 0.25) is 5.91 Å². The lowest BCUT2D eigenvalue weighted by Crippen LogP contribution is -2.59. The summed E-state index contributed by atoms with van der Waals surface area (Å²) >= 11 is 0. The molecule has 4 rings (SSSR count). The highest BCUT2D eigenvalue weighted by atomic mass is 28.3. The average molecular weight is 467 g/mol. The summed E-state index contributed by atoms with van der Waals surface area (Å²) < 4.78 is 19.8. The Hall–Kier alpha value is -2.44. The summed E-state index contributed by atoms with van der Waals surface area (Å²) in [5.41, 5.74) is 4.16. The number of rotatable bonds is 7. The number of para-hydroxylation sites is 1. The van der Waals surface area contributed by atoms with E-state index < -0.39 is 13.7 Å². The molecule has 4 nitrogen and oxygen atoms in total. The molecule has 1 aliphatic rings. The third-order valence-corrected chi connectivity index (χ3v) is 11.8. The third-order valence-electron chi connectivity index (χ3n) is 7.66. The molecule has 0 aliphatic carbocycles. The van der Waals surface area contributed by atoms with Gasteiger partial charge in [-0.1, -0.05) is 62.5 Å². The number of hydrogen-bond donors (Lipinski definition) is 2. The third kappa shape index (κ3) is 4.26. The molecule has 0 saturated carbocycles. The predicted molar refractivity (Wildman–Crippen MR) is 135 cm³/mol. The van der Waals surface area contributed by atoms with Crippen molar-refractivity contribution in [2.24, 2.45) is 0 Å². The first-order valence-corrected chi connectivity index (χ1v) is 15.1. The van der Waals surface area contributed by atoms with Crippen LogP contribution in [0.4, 0.5) is 4.39 Å². The Balaban J connectivity index is 1.59. The lowest BCUT2D eigenvalue weighted by atomic mass is 9.86. The first-order chi connectivity index (χ1) is 15.7. The summed E-state index contributed by atoms with van der Waals surface area (Å²) in [7, 11) is -2.03. The van der Waals surface area contributed by atoms with E-state index in [0.717, 1.165) is 30.1 Å². The Morgan fingerprint density at radius 3 is 2.61 bits per heavy atom. The number of carbonyl (C=O) groups is 1. The van der Waals surface area contributed by atoms with Crippen LogP contribution in [0.3, 0.4) is 0 Å². The van der Waals surface area contributed by atoms with E-state index >= 15 is 0 Å². The van der Waals surface area contributed by atoms with Crippen molar-refractivity contribution < 1.29 is 13.9 Å². The second kappa shape index (κ2) is 9.07. The van der Waals surface area contributed by atoms with Crippen LogP contribution in [0.5, 0.6) is 0 Å². The Bertz CT molecular complexity index is 1150. The highest BCUT2D eigenvalue weighted by Gasteiger charge is 2.42. The van der Waals surface area contributed by atoms with E-state index in [2.05, 4.69) is 62.4 Å². The van der Waals surface area contributed by atoms with Crippen LogP contribution in [-0.4, -0.2) is 31.2 Å². The molecule has 6 heteroatoms. The van der Waals surface area contributed by atoms with Gasteiger partial charge in [-0.3, -0.25) is 4.79 Å². The number of amides is 1. The molecule has 1 amide bonds. The van der Waals surface area contributed by atoms with E-state index in [1.807, 2.05) is 12.1 Å². The van der Waals surface area contributed by atoms with Crippen molar-refractivity contribution in [3.05, 3.63) is 65.1 Å². The monoisotopic (exact) mass is 466 g/mol. The summed E-state index contributed by atoms with van der Waals surface area (Å²) in [5, 5.41) is 5.64. The van der Waals surface area contributed by atoms with Crippen molar-refractivity contribution in [3.8, 4) is 0 Å². The zero-order chi connectivity index (χ0) is 23.8. The molecule has 0 spiro atoms. The molecule has 2 unspecified atom stereocenters. The van der Waals surface area contributed by atoms with Crippen LogP contribution >= 0.6 is 0 Å². The molecule has 1 aromatic heterocycles. The van der Waals surface area contributed by atoms with Crippen molar-refractivity contribution >= 4 is 30.1 Å². The van der Waals surface area contributed by atoms with Crippen molar-refractivity contribution in [1.82, 2.24) is 10.3 Å². The van der Waals surface area contributed by atoms with E-state index in [-0.39, 0.29) is 23.8 Å². The normalized spacial score (nSPS) is 19.3. The molecule has 0 fully saturated rings. The van der Waals surface area contributed by atoms with Crippen molar-refractivity contribution in [3.63, 3.8) is 0 Å². The number of benzene rings is 2. The highest BCUT2D eigenvalue weighted by Crippen LogP contribution is 2.42. The molecule has 3 aromatic rings. The van der Waals surface area contributed by atoms with E-state index in [9.17, 15) is 9.18 Å². The van der Waals surface area contributed by atoms with Crippen LogP contribution in [0.2, 0.25) is 13.1 Å². The van der Waals surface area contributed by atoms with Gasteiger partial charge in [0.1, 0.15) is 19.5 Å². The van der Waals surface area contributed by atoms with Gasteiger partial charge in [-0.2, -0.15) is 0 Å². The van der Waals surface area contributed by atoms with Gasteiger partial charge in [0.25, 0.3) is 0 Å². The predicted octanol–water partition coefficient (Wildman–Crippen LogP) is 5.10. The number of H-pyrrole nitrogens is 1. The van der Waals surface area contributed by atoms with Gasteiger partial charge in [-0.25, -0.2) is 4.39 Å². The smallest absolute Gasteiger partial charge is 0.223 e. The minimum atomic E-state index is -2.03. The molecule has 2 aromatic carbocycles. The van der Waals surface area contributed by atoms with Gasteiger partial charge >= 0.3 is 0 Å². The van der Waals surface area contributed by atoms with E-state index in [1.54, 1.807) is 0 Å². The molecular formula is C27H35FN2O2Si. The maximum Gasteiger partial charge on any atom is 0.223 e. The molecule has 1 aliphatic heterocycles. The van der Waals surface area contributed by atoms with Gasteiger partial charge < -0.3 is 15.0 Å². The zero-order valence-corrected chi connectivity index (χ0v) is 21.3. The van der Waals surface area contributed by atoms with Crippen molar-refractivity contribution in [2.75, 3.05) is 6.61 Å². The second-order valence-corrected chi connectivity index (χ2v) is 14.7. The minimum absolute atomic E-state index is 0.00170. The molecule has 2 heterocycles. The number of nitrogens with one attached hydrogen (secondary N) is 2. The lowest BCUT2D eigenvalue weighted by Gasteiger charge is -2.37. The minimum Gasteiger partial charge on any atom is -0.368 e. The van der Waals surface area contributed by atoms with E-state index in [4.69, 9.17) is 4.74 Å². The Morgan fingerprint density at radius 1 is 1.21 bits per heavy atom. The number of carbonyl (C=O) groups excluding carboxylic acids is 1. The van der Waals surface area contributed by atoms with Crippen LogP contribution in [0.25, 0.3) is 10.9 Å². The first kappa shape index (κ1) is 23.7. The largest absolute Gasteiger partial charge is 0.368 e. The zero-order valence-electron chi connectivity index (χ0n) is 20.3. The first-order valence-electron chi connectivity index (χ1n) is 12.0. The Kier molecular flexibility index (Phi) is 6.51. The lowest BCUT2D eigenvalue weighted by molar-refractivity contribution is -0.133. The van der Waals surface area contributed by atoms with Crippen LogP contribution in [0, 0.1) is 5.82 Å². The maximum absolute atomic E-state index is 13.4. The fourth-order valence-corrected chi connectivity index (χ4v) is 7.15. The van der Waals surface area contributed by atoms with Gasteiger partial charge in [0, 0.05) is 16.6 Å². The van der Waals surface area contributed by atoms with Crippen LogP contribution in [0.1, 0.15) is 50.4 Å². The van der Waals surface area contributed by atoms with Crippen LogP contribution < -0.4 is 10.5 Å². The summed E-state index contributed by atoms with van der Waals surface area (Å²) in [6.45, 7) is 11.4. The SMILES string of the molecule is CCc1cccc2c3c([nH]c12)C(CC)(CC(=O)NC(C)[Si](C)(C)c1ccc(F)cc1)OCC3. The number of fused-ring (bicyclic) bond motifs is 3. The maximum atomic E-state index is 13.4. The molecule has 176 valence electrons. The number of aromatic nitrogens is 1. The number of hydrogen-bond acceptors (Lipinski definition) is 2. The van der Waals surface area contributed by atoms with Crippen molar-refractivity contribution in [1.29, 1.82) is 0 Å². The number of halogens is 1. The quantitative estimate of drug-likeness (QED) is 0.476. The van der Waals surface area contributed by atoms with Gasteiger partial charge in [-0.15, -0.1) is 0 Å². The summed E-state index contributed by atoms with van der Waals surface area (Å²) in [6.07, 6.45) is 2.81. The van der Waals surface area contributed by atoms with E-state index in [0.29, 0.717) is 6.61 Å². The molecular weight excluding hydrogens is 431 g/mol. The second-order valence-electron chi connectivity index (χ2n) is 9.81. The Morgan fingerprint density at radius 2 is 1.94 bits per heavy atom. The van der Waals surface area contributed by atoms with Gasteiger partial charge in [0.05, 0.1) is 18.7 Å². The summed E-state index contributed by atoms with van der Waals surface area (Å²) in [6, 6.07) is 13.2. The number of ether oxygens (including phenoxy) is 1. The summed E-state index contributed by atoms with van der Waals surface area (Å²) in [5.74, 6) is -0.241. The fourth-order valence-electron chi connectivity index (χ4n) is 5.10. The van der Waals surface area contributed by atoms with Crippen LogP contribution in [0.15, 0.2) is 42.5 Å². The number of aromatic amines is 1.